The number of hydrogen-bond acceptors (Lipinski definition) is 2. The molecule has 2 rings (SSSR count). The van der Waals surface area contributed by atoms with Crippen LogP contribution < -0.4 is 10.6 Å². The van der Waals surface area contributed by atoms with Crippen LogP contribution in [0.4, 0.5) is 5.69 Å². The van der Waals surface area contributed by atoms with Gasteiger partial charge in [-0.25, -0.2) is 0 Å². The first kappa shape index (κ1) is 15.3. The summed E-state index contributed by atoms with van der Waals surface area (Å²) in [5.74, 6) is 0.457. The minimum absolute atomic E-state index is 0.224. The lowest BCUT2D eigenvalue weighted by atomic mass is 10.0. The standard InChI is InChI=1S/C15H17ClN2S2/c1-10(2)14(13-4-3-9-20-13)18-15(19)17-12-7-5-11(16)6-8-12/h3-10,14H,1-2H3,(H2,17,18,19)/t14-/m1/s1. The molecule has 0 aliphatic rings. The third-order valence-corrected chi connectivity index (χ3v) is 4.33. The van der Waals surface area contributed by atoms with Crippen LogP contribution in [-0.2, 0) is 0 Å². The second kappa shape index (κ2) is 7.07. The summed E-state index contributed by atoms with van der Waals surface area (Å²) in [6.07, 6.45) is 0. The van der Waals surface area contributed by atoms with Crippen LogP contribution in [0.2, 0.25) is 5.02 Å². The Morgan fingerprint density at radius 2 is 1.90 bits per heavy atom. The van der Waals surface area contributed by atoms with E-state index in [-0.39, 0.29) is 6.04 Å². The van der Waals surface area contributed by atoms with Gasteiger partial charge >= 0.3 is 0 Å². The van der Waals surface area contributed by atoms with E-state index in [0.717, 1.165) is 5.69 Å². The molecule has 1 atom stereocenters. The quantitative estimate of drug-likeness (QED) is 0.766. The predicted octanol–water partition coefficient (Wildman–Crippen LogP) is 5.09. The monoisotopic (exact) mass is 324 g/mol. The smallest absolute Gasteiger partial charge is 0.171 e. The lowest BCUT2D eigenvalue weighted by Crippen LogP contribution is -2.34. The van der Waals surface area contributed by atoms with Crippen LogP contribution in [0, 0.1) is 5.92 Å². The molecule has 2 aromatic rings. The highest BCUT2D eigenvalue weighted by Crippen LogP contribution is 2.26. The van der Waals surface area contributed by atoms with Gasteiger partial charge in [-0.15, -0.1) is 11.3 Å². The van der Waals surface area contributed by atoms with Crippen molar-refractivity contribution in [2.75, 3.05) is 5.32 Å². The van der Waals surface area contributed by atoms with Crippen LogP contribution in [-0.4, -0.2) is 5.11 Å². The van der Waals surface area contributed by atoms with Crippen molar-refractivity contribution in [1.82, 2.24) is 5.32 Å². The Balaban J connectivity index is 2.00. The normalized spacial score (nSPS) is 12.2. The number of benzene rings is 1. The van der Waals surface area contributed by atoms with E-state index in [1.807, 2.05) is 24.3 Å². The molecule has 5 heteroatoms. The second-order valence-electron chi connectivity index (χ2n) is 4.84. The Morgan fingerprint density at radius 1 is 1.20 bits per heavy atom. The average molecular weight is 325 g/mol. The number of nitrogens with one attached hydrogen (secondary N) is 2. The molecule has 0 bridgehead atoms. The van der Waals surface area contributed by atoms with Gasteiger partial charge in [0.2, 0.25) is 0 Å². The molecule has 0 spiro atoms. The van der Waals surface area contributed by atoms with Gasteiger partial charge in [0.1, 0.15) is 0 Å². The zero-order valence-electron chi connectivity index (χ0n) is 11.4. The molecule has 2 nitrogen and oxygen atoms in total. The number of thiophene rings is 1. The number of hydrogen-bond donors (Lipinski definition) is 2. The summed E-state index contributed by atoms with van der Waals surface area (Å²) in [7, 11) is 0. The first-order chi connectivity index (χ1) is 9.56. The molecule has 0 aliphatic heterocycles. The molecule has 0 amide bonds. The summed E-state index contributed by atoms with van der Waals surface area (Å²) in [4.78, 5) is 1.29. The Bertz CT molecular complexity index is 550. The molecule has 20 heavy (non-hydrogen) atoms. The summed E-state index contributed by atoms with van der Waals surface area (Å²) in [5, 5.41) is 9.99. The highest BCUT2D eigenvalue weighted by Gasteiger charge is 2.17. The van der Waals surface area contributed by atoms with Gasteiger partial charge in [0.15, 0.2) is 5.11 Å². The molecule has 1 aromatic carbocycles. The maximum Gasteiger partial charge on any atom is 0.171 e. The maximum absolute atomic E-state index is 5.87. The van der Waals surface area contributed by atoms with Gasteiger partial charge < -0.3 is 10.6 Å². The van der Waals surface area contributed by atoms with E-state index in [9.17, 15) is 0 Å². The van der Waals surface area contributed by atoms with E-state index < -0.39 is 0 Å². The molecule has 0 saturated heterocycles. The fourth-order valence-electron chi connectivity index (χ4n) is 1.88. The summed E-state index contributed by atoms with van der Waals surface area (Å²) in [6, 6.07) is 11.9. The molecule has 0 aliphatic carbocycles. The Labute approximate surface area is 134 Å². The van der Waals surface area contributed by atoms with Gasteiger partial charge in [-0.2, -0.15) is 0 Å². The Morgan fingerprint density at radius 3 is 2.45 bits per heavy atom. The van der Waals surface area contributed by atoms with Gasteiger partial charge in [-0.1, -0.05) is 31.5 Å². The van der Waals surface area contributed by atoms with Crippen LogP contribution in [0.15, 0.2) is 41.8 Å². The average Bonchev–Trinajstić information content (AvgIpc) is 2.92. The molecule has 106 valence electrons. The predicted molar refractivity (Wildman–Crippen MR) is 92.7 cm³/mol. The zero-order chi connectivity index (χ0) is 14.5. The maximum atomic E-state index is 5.87. The van der Waals surface area contributed by atoms with Crippen molar-refractivity contribution >= 4 is 46.0 Å². The first-order valence-electron chi connectivity index (χ1n) is 6.43. The third kappa shape index (κ3) is 4.20. The summed E-state index contributed by atoms with van der Waals surface area (Å²) in [5.41, 5.74) is 0.931. The lowest BCUT2D eigenvalue weighted by Gasteiger charge is -2.23. The van der Waals surface area contributed by atoms with E-state index in [4.69, 9.17) is 23.8 Å². The molecular weight excluding hydrogens is 308 g/mol. The highest BCUT2D eigenvalue weighted by atomic mass is 35.5. The topological polar surface area (TPSA) is 24.1 Å². The van der Waals surface area contributed by atoms with E-state index in [0.29, 0.717) is 16.1 Å². The van der Waals surface area contributed by atoms with E-state index >= 15 is 0 Å². The van der Waals surface area contributed by atoms with E-state index in [2.05, 4.69) is 42.0 Å². The van der Waals surface area contributed by atoms with Crippen molar-refractivity contribution in [3.8, 4) is 0 Å². The minimum atomic E-state index is 0.224. The fraction of sp³-hybridized carbons (Fsp3) is 0.267. The summed E-state index contributed by atoms with van der Waals surface area (Å²) >= 11 is 13.0. The molecule has 0 radical (unpaired) electrons. The van der Waals surface area contributed by atoms with Crippen molar-refractivity contribution in [3.63, 3.8) is 0 Å². The number of rotatable bonds is 4. The molecule has 2 N–H and O–H groups in total. The Hall–Kier alpha value is -1.10. The van der Waals surface area contributed by atoms with Gasteiger partial charge in [0, 0.05) is 15.6 Å². The molecule has 0 fully saturated rings. The summed E-state index contributed by atoms with van der Waals surface area (Å²) < 4.78 is 0. The van der Waals surface area contributed by atoms with Crippen LogP contribution in [0.25, 0.3) is 0 Å². The zero-order valence-corrected chi connectivity index (χ0v) is 13.8. The van der Waals surface area contributed by atoms with Gasteiger partial charge in [0.25, 0.3) is 0 Å². The number of anilines is 1. The van der Waals surface area contributed by atoms with Crippen molar-refractivity contribution in [1.29, 1.82) is 0 Å². The first-order valence-corrected chi connectivity index (χ1v) is 8.09. The van der Waals surface area contributed by atoms with Gasteiger partial charge in [-0.3, -0.25) is 0 Å². The molecular formula is C15H17ClN2S2. The van der Waals surface area contributed by atoms with E-state index in [1.165, 1.54) is 4.88 Å². The molecule has 1 heterocycles. The number of thiocarbonyl (C=S) groups is 1. The van der Waals surface area contributed by atoms with Crippen LogP contribution in [0.3, 0.4) is 0 Å². The second-order valence-corrected chi connectivity index (χ2v) is 6.67. The van der Waals surface area contributed by atoms with Crippen molar-refractivity contribution in [3.05, 3.63) is 51.7 Å². The van der Waals surface area contributed by atoms with Crippen LogP contribution >= 0.6 is 35.2 Å². The van der Waals surface area contributed by atoms with Crippen molar-refractivity contribution < 1.29 is 0 Å². The van der Waals surface area contributed by atoms with Crippen LogP contribution in [0.1, 0.15) is 24.8 Å². The molecule has 0 unspecified atom stereocenters. The number of halogens is 1. The fourth-order valence-corrected chi connectivity index (χ4v) is 3.20. The van der Waals surface area contributed by atoms with E-state index in [1.54, 1.807) is 11.3 Å². The van der Waals surface area contributed by atoms with Gasteiger partial charge in [0.05, 0.1) is 6.04 Å². The van der Waals surface area contributed by atoms with Gasteiger partial charge in [-0.05, 0) is 53.8 Å². The van der Waals surface area contributed by atoms with Crippen molar-refractivity contribution in [2.45, 2.75) is 19.9 Å². The SMILES string of the molecule is CC(C)[C@@H](NC(=S)Nc1ccc(Cl)cc1)c1cccs1. The molecule has 0 saturated carbocycles. The van der Waals surface area contributed by atoms with Crippen LogP contribution in [0.5, 0.6) is 0 Å². The van der Waals surface area contributed by atoms with Crippen molar-refractivity contribution in [2.24, 2.45) is 5.92 Å². The lowest BCUT2D eigenvalue weighted by molar-refractivity contribution is 0.480. The molecule has 1 aromatic heterocycles. The minimum Gasteiger partial charge on any atom is -0.355 e. The largest absolute Gasteiger partial charge is 0.355 e. The summed E-state index contributed by atoms with van der Waals surface area (Å²) in [6.45, 7) is 4.37. The highest BCUT2D eigenvalue weighted by molar-refractivity contribution is 7.80. The third-order valence-electron chi connectivity index (χ3n) is 2.91. The Kier molecular flexibility index (Phi) is 5.40.